The molecule has 3 aromatic rings. The average molecular weight is 434 g/mol. The molecule has 0 atom stereocenters. The Labute approximate surface area is 179 Å². The highest BCUT2D eigenvalue weighted by Gasteiger charge is 2.28. The molecule has 0 fully saturated rings. The van der Waals surface area contributed by atoms with E-state index in [0.717, 1.165) is 11.3 Å². The Morgan fingerprint density at radius 1 is 0.968 bits per heavy atom. The molecular formula is C23H18N2O5S. The zero-order chi connectivity index (χ0) is 21.8. The number of amidine groups is 1. The molecule has 0 amide bonds. The molecule has 4 rings (SSSR count). The van der Waals surface area contributed by atoms with E-state index in [2.05, 4.69) is 9.71 Å². The molecule has 0 spiro atoms. The molecule has 1 N–H and O–H groups in total. The van der Waals surface area contributed by atoms with Crippen molar-refractivity contribution in [1.82, 2.24) is 0 Å². The molecule has 8 heteroatoms. The summed E-state index contributed by atoms with van der Waals surface area (Å²) < 4.78 is 38.6. The molecule has 0 saturated carbocycles. The summed E-state index contributed by atoms with van der Waals surface area (Å²) in [4.78, 5) is 12.3. The molecule has 7 nitrogen and oxygen atoms in total. The Balaban J connectivity index is 1.45. The summed E-state index contributed by atoms with van der Waals surface area (Å²) in [5.41, 5.74) is 1.86. The van der Waals surface area contributed by atoms with Gasteiger partial charge < -0.3 is 14.8 Å². The Morgan fingerprint density at radius 2 is 1.74 bits per heavy atom. The van der Waals surface area contributed by atoms with Crippen LogP contribution in [0.1, 0.15) is 11.1 Å². The molecule has 1 aliphatic heterocycles. The number of esters is 1. The minimum Gasteiger partial charge on any atom is -0.497 e. The molecule has 1 heterocycles. The summed E-state index contributed by atoms with van der Waals surface area (Å²) in [7, 11) is -2.13. The summed E-state index contributed by atoms with van der Waals surface area (Å²) in [6.07, 6.45) is 2.96. The van der Waals surface area contributed by atoms with Crippen LogP contribution < -0.4 is 14.8 Å². The predicted octanol–water partition coefficient (Wildman–Crippen LogP) is 3.88. The van der Waals surface area contributed by atoms with E-state index < -0.39 is 16.0 Å². The lowest BCUT2D eigenvalue weighted by Crippen LogP contribution is -2.11. The van der Waals surface area contributed by atoms with Crippen molar-refractivity contribution < 1.29 is 22.7 Å². The first kappa shape index (κ1) is 20.4. The second kappa shape index (κ2) is 8.45. The minimum atomic E-state index is -3.72. The number of rotatable bonds is 5. The van der Waals surface area contributed by atoms with E-state index in [-0.39, 0.29) is 10.7 Å². The van der Waals surface area contributed by atoms with Gasteiger partial charge in [-0.25, -0.2) is 4.79 Å². The number of hydrogen-bond donors (Lipinski definition) is 1. The Kier molecular flexibility index (Phi) is 5.55. The maximum absolute atomic E-state index is 12.2. The van der Waals surface area contributed by atoms with E-state index in [1.54, 1.807) is 67.8 Å². The minimum absolute atomic E-state index is 0.156. The molecule has 156 valence electrons. The summed E-state index contributed by atoms with van der Waals surface area (Å²) >= 11 is 0. The van der Waals surface area contributed by atoms with Crippen LogP contribution in [0.15, 0.2) is 88.2 Å². The van der Waals surface area contributed by atoms with Crippen molar-refractivity contribution in [2.24, 2.45) is 4.40 Å². The van der Waals surface area contributed by atoms with Gasteiger partial charge in [0, 0.05) is 23.4 Å². The number of sulfonamides is 1. The van der Waals surface area contributed by atoms with Crippen LogP contribution in [-0.4, -0.2) is 27.3 Å². The van der Waals surface area contributed by atoms with E-state index in [0.29, 0.717) is 17.0 Å². The maximum Gasteiger partial charge on any atom is 0.336 e. The number of carbonyl (C=O) groups is 1. The largest absolute Gasteiger partial charge is 0.497 e. The number of benzene rings is 3. The second-order valence-electron chi connectivity index (χ2n) is 6.59. The van der Waals surface area contributed by atoms with E-state index in [1.807, 2.05) is 12.1 Å². The number of carbonyl (C=O) groups excluding carboxylic acids is 1. The third-order valence-corrected chi connectivity index (χ3v) is 5.81. The first-order chi connectivity index (χ1) is 14.9. The lowest BCUT2D eigenvalue weighted by molar-refractivity contribution is -0.128. The summed E-state index contributed by atoms with van der Waals surface area (Å²) in [6, 6.07) is 20.4. The molecule has 0 radical (unpaired) electrons. The molecule has 0 saturated heterocycles. The second-order valence-corrected chi connectivity index (χ2v) is 8.16. The first-order valence-corrected chi connectivity index (χ1v) is 10.7. The quantitative estimate of drug-likeness (QED) is 0.372. The van der Waals surface area contributed by atoms with Gasteiger partial charge in [-0.2, -0.15) is 8.42 Å². The highest BCUT2D eigenvalue weighted by Crippen LogP contribution is 2.27. The molecule has 0 bridgehead atoms. The topological polar surface area (TPSA) is 94.1 Å². The van der Waals surface area contributed by atoms with Crippen molar-refractivity contribution in [3.63, 3.8) is 0 Å². The van der Waals surface area contributed by atoms with Crippen LogP contribution in [0.5, 0.6) is 11.5 Å². The van der Waals surface area contributed by atoms with Crippen molar-refractivity contribution in [2.75, 3.05) is 12.4 Å². The smallest absolute Gasteiger partial charge is 0.336 e. The van der Waals surface area contributed by atoms with Crippen molar-refractivity contribution in [3.8, 4) is 11.5 Å². The van der Waals surface area contributed by atoms with Crippen molar-refractivity contribution in [1.29, 1.82) is 0 Å². The number of ether oxygens (including phenoxy) is 2. The zero-order valence-corrected chi connectivity index (χ0v) is 17.3. The number of hydrogen-bond acceptors (Lipinski definition) is 6. The first-order valence-electron chi connectivity index (χ1n) is 9.30. The van der Waals surface area contributed by atoms with Gasteiger partial charge in [0.25, 0.3) is 10.0 Å². The van der Waals surface area contributed by atoms with E-state index in [9.17, 15) is 13.2 Å². The van der Waals surface area contributed by atoms with Crippen LogP contribution in [0.25, 0.3) is 6.08 Å². The average Bonchev–Trinajstić information content (AvgIpc) is 3.03. The molecule has 31 heavy (non-hydrogen) atoms. The van der Waals surface area contributed by atoms with Gasteiger partial charge in [0.05, 0.1) is 7.11 Å². The van der Waals surface area contributed by atoms with E-state index >= 15 is 0 Å². The fourth-order valence-corrected chi connectivity index (χ4v) is 4.18. The van der Waals surface area contributed by atoms with E-state index in [1.165, 1.54) is 12.1 Å². The van der Waals surface area contributed by atoms with Gasteiger partial charge in [0.2, 0.25) is 0 Å². The van der Waals surface area contributed by atoms with Gasteiger partial charge in [0.1, 0.15) is 16.4 Å². The summed E-state index contributed by atoms with van der Waals surface area (Å²) in [5, 5.41) is 2.98. The molecular weight excluding hydrogens is 416 g/mol. The Hall–Kier alpha value is -3.91. The molecule has 0 unspecified atom stereocenters. The zero-order valence-electron chi connectivity index (χ0n) is 16.5. The molecule has 1 aliphatic rings. The lowest BCUT2D eigenvalue weighted by Gasteiger charge is -2.08. The normalized spacial score (nSPS) is 14.0. The fourth-order valence-electron chi connectivity index (χ4n) is 3.00. The highest BCUT2D eigenvalue weighted by molar-refractivity contribution is 7.90. The number of anilines is 1. The van der Waals surface area contributed by atoms with Crippen LogP contribution in [0.2, 0.25) is 0 Å². The van der Waals surface area contributed by atoms with Crippen LogP contribution in [0.3, 0.4) is 0 Å². The summed E-state index contributed by atoms with van der Waals surface area (Å²) in [5.74, 6) is 0.716. The van der Waals surface area contributed by atoms with Gasteiger partial charge in [0.15, 0.2) is 5.84 Å². The van der Waals surface area contributed by atoms with Crippen molar-refractivity contribution in [3.05, 3.63) is 90.0 Å². The third-order valence-electron chi connectivity index (χ3n) is 4.47. The molecule has 0 aliphatic carbocycles. The maximum atomic E-state index is 12.2. The number of methoxy groups -OCH3 is 1. The predicted molar refractivity (Wildman–Crippen MR) is 118 cm³/mol. The summed E-state index contributed by atoms with van der Waals surface area (Å²) in [6.45, 7) is 0. The van der Waals surface area contributed by atoms with Gasteiger partial charge in [-0.05, 0) is 48.0 Å². The van der Waals surface area contributed by atoms with Gasteiger partial charge in [-0.1, -0.05) is 30.3 Å². The van der Waals surface area contributed by atoms with Gasteiger partial charge in [-0.15, -0.1) is 4.40 Å². The SMILES string of the molecule is COc1ccc(/C=C/C(=O)Oc2cccc(NC3=NS(=O)(=O)c4ccccc43)c2)cc1. The van der Waals surface area contributed by atoms with E-state index in [4.69, 9.17) is 9.47 Å². The molecule has 3 aromatic carbocycles. The van der Waals surface area contributed by atoms with Gasteiger partial charge >= 0.3 is 5.97 Å². The third kappa shape index (κ3) is 4.65. The number of fused-ring (bicyclic) bond motifs is 1. The van der Waals surface area contributed by atoms with Crippen LogP contribution in [0.4, 0.5) is 5.69 Å². The number of nitrogens with zero attached hydrogens (tertiary/aromatic N) is 1. The monoisotopic (exact) mass is 434 g/mol. The standard InChI is InChI=1S/C23H18N2O5S/c1-29-18-12-9-16(10-13-18)11-14-22(26)30-19-6-4-5-17(15-19)24-23-20-7-2-3-8-21(20)31(27,28)25-23/h2-15H,1H3,(H,24,25)/b14-11+. The van der Waals surface area contributed by atoms with Crippen LogP contribution >= 0.6 is 0 Å². The van der Waals surface area contributed by atoms with Crippen molar-refractivity contribution >= 4 is 33.6 Å². The number of nitrogens with one attached hydrogen (secondary N) is 1. The lowest BCUT2D eigenvalue weighted by atomic mass is 10.2. The molecule has 0 aromatic heterocycles. The van der Waals surface area contributed by atoms with Gasteiger partial charge in [-0.3, -0.25) is 0 Å². The van der Waals surface area contributed by atoms with Crippen LogP contribution in [0, 0.1) is 0 Å². The van der Waals surface area contributed by atoms with Crippen molar-refractivity contribution in [2.45, 2.75) is 4.90 Å². The fraction of sp³-hybridized carbons (Fsp3) is 0.0435. The highest BCUT2D eigenvalue weighted by atomic mass is 32.2. The van der Waals surface area contributed by atoms with Crippen LogP contribution in [-0.2, 0) is 14.8 Å². The Bertz CT molecular complexity index is 1300. The Morgan fingerprint density at radius 3 is 2.52 bits per heavy atom.